The molecule has 1 aliphatic carbocycles. The van der Waals surface area contributed by atoms with E-state index in [-0.39, 0.29) is 11.1 Å². The maximum absolute atomic E-state index is 12.6. The first-order chi connectivity index (χ1) is 13.7. The van der Waals surface area contributed by atoms with E-state index < -0.39 is 48.1 Å². The molecule has 0 spiro atoms. The van der Waals surface area contributed by atoms with Crippen LogP contribution in [0, 0.1) is 11.8 Å². The Morgan fingerprint density at radius 3 is 2.66 bits per heavy atom. The summed E-state index contributed by atoms with van der Waals surface area (Å²) in [6.45, 7) is 10.5. The van der Waals surface area contributed by atoms with Gasteiger partial charge in [0.2, 0.25) is 0 Å². The number of aldehydes is 1. The molecule has 1 fully saturated rings. The van der Waals surface area contributed by atoms with Crippen molar-refractivity contribution in [3.8, 4) is 0 Å². The second-order valence-electron chi connectivity index (χ2n) is 7.54. The van der Waals surface area contributed by atoms with E-state index in [0.717, 1.165) is 5.57 Å². The zero-order valence-corrected chi connectivity index (χ0v) is 17.3. The smallest absolute Gasteiger partial charge is 0.334 e. The van der Waals surface area contributed by atoms with Crippen molar-refractivity contribution in [2.45, 2.75) is 65.3 Å². The van der Waals surface area contributed by atoms with Crippen molar-refractivity contribution in [2.75, 3.05) is 0 Å². The van der Waals surface area contributed by atoms with Crippen LogP contribution in [0.2, 0.25) is 0 Å². The van der Waals surface area contributed by atoms with E-state index in [1.54, 1.807) is 19.1 Å². The van der Waals surface area contributed by atoms with Crippen LogP contribution in [0.25, 0.3) is 0 Å². The second-order valence-corrected chi connectivity index (χ2v) is 7.54. The summed E-state index contributed by atoms with van der Waals surface area (Å²) in [5.74, 6) is -2.94. The SMILES string of the molecule is C=C1C(=O)O[C@@H]2/C=C(/C)CC/C=C(/C=O)[C@H](OC(C)=O)[C@@H](OC(=O)[C@H](C)CC)[C@@H]12. The third-order valence-corrected chi connectivity index (χ3v) is 5.31. The van der Waals surface area contributed by atoms with E-state index in [2.05, 4.69) is 6.58 Å². The lowest BCUT2D eigenvalue weighted by atomic mass is 9.83. The number of carbonyl (C=O) groups is 4. The number of hydrogen-bond donors (Lipinski definition) is 0. The lowest BCUT2D eigenvalue weighted by Gasteiger charge is -2.33. The number of fused-ring (bicyclic) bond motifs is 1. The third kappa shape index (κ3) is 5.22. The maximum Gasteiger partial charge on any atom is 0.334 e. The van der Waals surface area contributed by atoms with Crippen LogP contribution in [0.5, 0.6) is 0 Å². The minimum Gasteiger partial charge on any atom is -0.457 e. The molecular weight excluding hydrogens is 376 g/mol. The lowest BCUT2D eigenvalue weighted by molar-refractivity contribution is -0.171. The van der Waals surface area contributed by atoms with Gasteiger partial charge in [0.1, 0.15) is 12.4 Å². The molecule has 5 atom stereocenters. The highest BCUT2D eigenvalue weighted by Gasteiger charge is 2.49. The topological polar surface area (TPSA) is 96.0 Å². The lowest BCUT2D eigenvalue weighted by Crippen LogP contribution is -2.45. The van der Waals surface area contributed by atoms with Gasteiger partial charge in [0.15, 0.2) is 12.2 Å². The van der Waals surface area contributed by atoms with Crippen LogP contribution in [0.3, 0.4) is 0 Å². The summed E-state index contributed by atoms with van der Waals surface area (Å²) in [6.07, 6.45) is 2.75. The first kappa shape index (κ1) is 22.6. The molecule has 0 aromatic heterocycles. The number of hydrogen-bond acceptors (Lipinski definition) is 7. The highest BCUT2D eigenvalue weighted by Crippen LogP contribution is 2.37. The van der Waals surface area contributed by atoms with E-state index in [9.17, 15) is 19.2 Å². The van der Waals surface area contributed by atoms with Crippen LogP contribution in [0.4, 0.5) is 0 Å². The molecular formula is C22H28O7. The first-order valence-electron chi connectivity index (χ1n) is 9.79. The fourth-order valence-corrected chi connectivity index (χ4v) is 3.44. The number of ether oxygens (including phenoxy) is 3. The molecule has 1 heterocycles. The number of esters is 3. The fraction of sp³-hybridized carbons (Fsp3) is 0.545. The zero-order valence-electron chi connectivity index (χ0n) is 17.3. The molecule has 0 N–H and O–H groups in total. The highest BCUT2D eigenvalue weighted by molar-refractivity contribution is 5.91. The molecule has 2 aliphatic rings. The Kier molecular flexibility index (Phi) is 7.53. The van der Waals surface area contributed by atoms with Crippen molar-refractivity contribution in [2.24, 2.45) is 11.8 Å². The normalized spacial score (nSPS) is 31.9. The minimum absolute atomic E-state index is 0.115. The van der Waals surface area contributed by atoms with Gasteiger partial charge in [0, 0.05) is 18.1 Å². The molecule has 0 bridgehead atoms. The van der Waals surface area contributed by atoms with E-state index in [1.807, 2.05) is 13.8 Å². The Bertz CT molecular complexity index is 761. The van der Waals surface area contributed by atoms with E-state index in [1.165, 1.54) is 6.92 Å². The predicted octanol–water partition coefficient (Wildman–Crippen LogP) is 2.84. The van der Waals surface area contributed by atoms with Gasteiger partial charge in [-0.25, -0.2) is 4.79 Å². The van der Waals surface area contributed by atoms with Gasteiger partial charge in [-0.3, -0.25) is 14.4 Å². The van der Waals surface area contributed by atoms with Gasteiger partial charge >= 0.3 is 17.9 Å². The first-order valence-corrected chi connectivity index (χ1v) is 9.79. The van der Waals surface area contributed by atoms with Crippen LogP contribution in [-0.2, 0) is 33.4 Å². The molecule has 0 aromatic rings. The van der Waals surface area contributed by atoms with Crippen molar-refractivity contribution < 1.29 is 33.4 Å². The van der Waals surface area contributed by atoms with Gasteiger partial charge in [-0.15, -0.1) is 0 Å². The summed E-state index contributed by atoms with van der Waals surface area (Å²) in [7, 11) is 0. The largest absolute Gasteiger partial charge is 0.457 e. The molecule has 1 saturated heterocycles. The molecule has 0 radical (unpaired) electrons. The van der Waals surface area contributed by atoms with Crippen LogP contribution < -0.4 is 0 Å². The van der Waals surface area contributed by atoms with E-state index in [4.69, 9.17) is 14.2 Å². The van der Waals surface area contributed by atoms with Crippen LogP contribution in [0.15, 0.2) is 35.5 Å². The standard InChI is InChI=1S/C22H28O7/c1-6-13(3)21(25)29-20-18-14(4)22(26)28-17(18)10-12(2)8-7-9-16(11-23)19(20)27-15(5)24/h9-11,13,17-20H,4,6-8H2,1-3,5H3/b12-10-,16-9-/t13-,17-,18+,19+,20+/m1/s1. The molecule has 7 nitrogen and oxygen atoms in total. The van der Waals surface area contributed by atoms with Gasteiger partial charge < -0.3 is 14.2 Å². The van der Waals surface area contributed by atoms with E-state index in [0.29, 0.717) is 25.5 Å². The summed E-state index contributed by atoms with van der Waals surface area (Å²) < 4.78 is 16.6. The average Bonchev–Trinajstić information content (AvgIpc) is 2.93. The van der Waals surface area contributed by atoms with E-state index >= 15 is 0 Å². The van der Waals surface area contributed by atoms with Gasteiger partial charge in [-0.2, -0.15) is 0 Å². The van der Waals surface area contributed by atoms with Crippen molar-refractivity contribution in [1.82, 2.24) is 0 Å². The average molecular weight is 404 g/mol. The molecule has 0 saturated carbocycles. The van der Waals surface area contributed by atoms with Gasteiger partial charge in [0.05, 0.1) is 11.8 Å². The summed E-state index contributed by atoms with van der Waals surface area (Å²) in [5.41, 5.74) is 1.26. The Balaban J connectivity index is 2.61. The Morgan fingerprint density at radius 1 is 1.38 bits per heavy atom. The van der Waals surface area contributed by atoms with Gasteiger partial charge in [0.25, 0.3) is 0 Å². The maximum atomic E-state index is 12.6. The Morgan fingerprint density at radius 2 is 2.07 bits per heavy atom. The number of carbonyl (C=O) groups excluding carboxylic acids is 4. The predicted molar refractivity (Wildman–Crippen MR) is 105 cm³/mol. The van der Waals surface area contributed by atoms with Crippen molar-refractivity contribution in [3.05, 3.63) is 35.5 Å². The van der Waals surface area contributed by atoms with Crippen molar-refractivity contribution in [1.29, 1.82) is 0 Å². The quantitative estimate of drug-likeness (QED) is 0.229. The van der Waals surface area contributed by atoms with Gasteiger partial charge in [-0.1, -0.05) is 32.1 Å². The minimum atomic E-state index is -1.16. The third-order valence-electron chi connectivity index (χ3n) is 5.31. The molecule has 0 unspecified atom stereocenters. The Hall–Kier alpha value is -2.70. The van der Waals surface area contributed by atoms with Crippen LogP contribution in [-0.4, -0.2) is 42.5 Å². The summed E-state index contributed by atoms with van der Waals surface area (Å²) in [5, 5.41) is 0. The van der Waals surface area contributed by atoms with Crippen LogP contribution >= 0.6 is 0 Å². The summed E-state index contributed by atoms with van der Waals surface area (Å²) in [4.78, 5) is 48.5. The summed E-state index contributed by atoms with van der Waals surface area (Å²) >= 11 is 0. The molecule has 158 valence electrons. The van der Waals surface area contributed by atoms with Crippen LogP contribution in [0.1, 0.15) is 47.0 Å². The Labute approximate surface area is 170 Å². The molecule has 1 aliphatic heterocycles. The van der Waals surface area contributed by atoms with Gasteiger partial charge in [-0.05, 0) is 32.3 Å². The fourth-order valence-electron chi connectivity index (χ4n) is 3.44. The van der Waals surface area contributed by atoms with Crippen molar-refractivity contribution in [3.63, 3.8) is 0 Å². The molecule has 2 rings (SSSR count). The highest BCUT2D eigenvalue weighted by atomic mass is 16.6. The number of allylic oxidation sites excluding steroid dienone is 2. The second kappa shape index (κ2) is 9.67. The monoisotopic (exact) mass is 404 g/mol. The number of rotatable bonds is 5. The molecule has 0 amide bonds. The summed E-state index contributed by atoms with van der Waals surface area (Å²) in [6, 6.07) is 0. The molecule has 0 aromatic carbocycles. The zero-order chi connectivity index (χ0) is 21.7. The van der Waals surface area contributed by atoms with Crippen molar-refractivity contribution >= 4 is 24.2 Å². The molecule has 7 heteroatoms. The molecule has 29 heavy (non-hydrogen) atoms.